The zero-order valence-electron chi connectivity index (χ0n) is 16.9. The number of carbonyl (C=O) groups excluding carboxylic acids is 1. The van der Waals surface area contributed by atoms with E-state index in [1.165, 1.54) is 30.3 Å². The number of carbonyl (C=O) groups is 1. The van der Waals surface area contributed by atoms with E-state index in [2.05, 4.69) is 4.98 Å². The minimum atomic E-state index is -0.499. The van der Waals surface area contributed by atoms with Gasteiger partial charge in [0.05, 0.1) is 4.92 Å². The van der Waals surface area contributed by atoms with Crippen LogP contribution in [0.15, 0.2) is 71.1 Å². The Bertz CT molecular complexity index is 1330. The molecule has 4 aromatic rings. The van der Waals surface area contributed by atoms with Gasteiger partial charge in [0.25, 0.3) is 11.6 Å². The van der Waals surface area contributed by atoms with E-state index < -0.39 is 4.92 Å². The molecule has 1 aromatic heterocycles. The third kappa shape index (κ3) is 3.49. The van der Waals surface area contributed by atoms with Gasteiger partial charge in [0.1, 0.15) is 17.4 Å². The van der Waals surface area contributed by atoms with E-state index in [-0.39, 0.29) is 23.5 Å². The van der Waals surface area contributed by atoms with Crippen molar-refractivity contribution in [2.24, 2.45) is 0 Å². The molecule has 0 bridgehead atoms. The van der Waals surface area contributed by atoms with Crippen LogP contribution in [0.25, 0.3) is 22.2 Å². The quantitative estimate of drug-likeness (QED) is 0.314. The summed E-state index contributed by atoms with van der Waals surface area (Å²) in [4.78, 5) is 29.7. The molecule has 2 heterocycles. The predicted octanol–water partition coefficient (Wildman–Crippen LogP) is 5.52. The third-order valence-corrected chi connectivity index (χ3v) is 5.71. The van der Waals surface area contributed by atoms with Gasteiger partial charge >= 0.3 is 0 Å². The highest BCUT2D eigenvalue weighted by molar-refractivity contribution is 5.95. The Labute approximate surface area is 182 Å². The Morgan fingerprint density at radius 1 is 1.12 bits per heavy atom. The zero-order chi connectivity index (χ0) is 22.2. The monoisotopic (exact) mass is 431 g/mol. The first-order valence-corrected chi connectivity index (χ1v) is 10.2. The standard InChI is InChI=1S/C24H18FN3O4/c25-19-5-2-1-4-18(19)16-9-12-22-20(14-16)26-23(32-22)21-6-3-13-27(21)24(29)15-7-10-17(11-8-15)28(30)31/h1-2,4-5,7-12,14,21H,3,6,13H2/t21-/m1/s1. The molecule has 8 heteroatoms. The van der Waals surface area contributed by atoms with E-state index in [4.69, 9.17) is 4.42 Å². The van der Waals surface area contributed by atoms with Crippen LogP contribution in [-0.2, 0) is 0 Å². The number of nitro groups is 1. The van der Waals surface area contributed by atoms with Gasteiger partial charge in [-0.05, 0) is 48.7 Å². The molecule has 0 N–H and O–H groups in total. The number of benzene rings is 3. The summed E-state index contributed by atoms with van der Waals surface area (Å²) in [5, 5.41) is 10.9. The predicted molar refractivity (Wildman–Crippen MR) is 116 cm³/mol. The fourth-order valence-corrected chi connectivity index (χ4v) is 4.11. The van der Waals surface area contributed by atoms with Crippen molar-refractivity contribution in [3.63, 3.8) is 0 Å². The molecule has 0 unspecified atom stereocenters. The fourth-order valence-electron chi connectivity index (χ4n) is 4.11. The van der Waals surface area contributed by atoms with Crippen molar-refractivity contribution in [2.75, 3.05) is 6.54 Å². The summed E-state index contributed by atoms with van der Waals surface area (Å²) in [5.74, 6) is -0.110. The number of likely N-dealkylation sites (tertiary alicyclic amines) is 1. The number of nitrogens with zero attached hydrogens (tertiary/aromatic N) is 3. The summed E-state index contributed by atoms with van der Waals surface area (Å²) in [5.41, 5.74) is 2.64. The lowest BCUT2D eigenvalue weighted by atomic mass is 10.0. The van der Waals surface area contributed by atoms with Gasteiger partial charge in [-0.15, -0.1) is 0 Å². The minimum Gasteiger partial charge on any atom is -0.438 e. The van der Waals surface area contributed by atoms with Crippen molar-refractivity contribution in [3.05, 3.63) is 94.1 Å². The summed E-state index contributed by atoms with van der Waals surface area (Å²) in [7, 11) is 0. The van der Waals surface area contributed by atoms with Crippen LogP contribution in [0, 0.1) is 15.9 Å². The number of rotatable bonds is 4. The number of hydrogen-bond donors (Lipinski definition) is 0. The van der Waals surface area contributed by atoms with Gasteiger partial charge < -0.3 is 9.32 Å². The van der Waals surface area contributed by atoms with E-state index in [1.54, 1.807) is 41.3 Å². The summed E-state index contributed by atoms with van der Waals surface area (Å²) >= 11 is 0. The van der Waals surface area contributed by atoms with Crippen molar-refractivity contribution in [1.82, 2.24) is 9.88 Å². The number of non-ortho nitro benzene ring substituents is 1. The maximum Gasteiger partial charge on any atom is 0.269 e. The van der Waals surface area contributed by atoms with Gasteiger partial charge in [0.2, 0.25) is 5.89 Å². The van der Waals surface area contributed by atoms with Crippen LogP contribution >= 0.6 is 0 Å². The number of hydrogen-bond acceptors (Lipinski definition) is 5. The van der Waals surface area contributed by atoms with Crippen LogP contribution in [0.5, 0.6) is 0 Å². The summed E-state index contributed by atoms with van der Waals surface area (Å²) in [6.07, 6.45) is 1.49. The molecule has 0 radical (unpaired) electrons. The molecular weight excluding hydrogens is 413 g/mol. The van der Waals surface area contributed by atoms with E-state index in [0.29, 0.717) is 46.6 Å². The Morgan fingerprint density at radius 3 is 2.66 bits per heavy atom. The first-order chi connectivity index (χ1) is 15.5. The van der Waals surface area contributed by atoms with Crippen LogP contribution in [0.3, 0.4) is 0 Å². The van der Waals surface area contributed by atoms with E-state index in [9.17, 15) is 19.3 Å². The minimum absolute atomic E-state index is 0.0656. The molecule has 1 saturated heterocycles. The van der Waals surface area contributed by atoms with Gasteiger partial charge in [0, 0.05) is 29.8 Å². The van der Waals surface area contributed by atoms with E-state index >= 15 is 0 Å². The molecule has 32 heavy (non-hydrogen) atoms. The summed E-state index contributed by atoms with van der Waals surface area (Å²) in [6.45, 7) is 0.541. The molecule has 0 saturated carbocycles. The molecule has 1 aliphatic heterocycles. The highest BCUT2D eigenvalue weighted by Gasteiger charge is 2.34. The summed E-state index contributed by atoms with van der Waals surface area (Å²) in [6, 6.07) is 17.1. The lowest BCUT2D eigenvalue weighted by Crippen LogP contribution is -2.30. The molecule has 1 amide bonds. The molecule has 7 nitrogen and oxygen atoms in total. The number of oxazole rings is 1. The Balaban J connectivity index is 1.44. The molecule has 1 aliphatic rings. The highest BCUT2D eigenvalue weighted by Crippen LogP contribution is 2.35. The molecule has 5 rings (SSSR count). The second-order valence-electron chi connectivity index (χ2n) is 7.68. The van der Waals surface area contributed by atoms with Crippen LogP contribution in [-0.4, -0.2) is 27.3 Å². The summed E-state index contributed by atoms with van der Waals surface area (Å²) < 4.78 is 20.1. The SMILES string of the molecule is O=C(c1ccc([N+](=O)[O-])cc1)N1CCC[C@@H]1c1nc2cc(-c3ccccc3F)ccc2o1. The Morgan fingerprint density at radius 2 is 1.91 bits per heavy atom. The lowest BCUT2D eigenvalue weighted by molar-refractivity contribution is -0.384. The number of fused-ring (bicyclic) bond motifs is 1. The van der Waals surface area contributed by atoms with Gasteiger partial charge in [-0.2, -0.15) is 0 Å². The Kier molecular flexibility index (Phi) is 4.89. The van der Waals surface area contributed by atoms with Crippen LogP contribution in [0.2, 0.25) is 0 Å². The Hall–Kier alpha value is -4.07. The van der Waals surface area contributed by atoms with Crippen molar-refractivity contribution < 1.29 is 18.5 Å². The van der Waals surface area contributed by atoms with Gasteiger partial charge in [-0.3, -0.25) is 14.9 Å². The second-order valence-corrected chi connectivity index (χ2v) is 7.68. The smallest absolute Gasteiger partial charge is 0.269 e. The zero-order valence-corrected chi connectivity index (χ0v) is 16.9. The molecule has 160 valence electrons. The topological polar surface area (TPSA) is 89.5 Å². The molecule has 1 atom stereocenters. The molecular formula is C24H18FN3O4. The molecule has 0 spiro atoms. The maximum absolute atomic E-state index is 14.2. The average molecular weight is 431 g/mol. The third-order valence-electron chi connectivity index (χ3n) is 5.71. The second kappa shape index (κ2) is 7.88. The van der Waals surface area contributed by atoms with Gasteiger partial charge in [-0.25, -0.2) is 9.37 Å². The van der Waals surface area contributed by atoms with Crippen molar-refractivity contribution in [1.29, 1.82) is 0 Å². The van der Waals surface area contributed by atoms with Gasteiger partial charge in [-0.1, -0.05) is 24.3 Å². The van der Waals surface area contributed by atoms with Crippen molar-refractivity contribution in [2.45, 2.75) is 18.9 Å². The van der Waals surface area contributed by atoms with Crippen LogP contribution in [0.4, 0.5) is 10.1 Å². The van der Waals surface area contributed by atoms with Crippen LogP contribution in [0.1, 0.15) is 35.1 Å². The van der Waals surface area contributed by atoms with Crippen molar-refractivity contribution >= 4 is 22.7 Å². The van der Waals surface area contributed by atoms with Crippen LogP contribution < -0.4 is 0 Å². The van der Waals surface area contributed by atoms with Crippen molar-refractivity contribution in [3.8, 4) is 11.1 Å². The number of aromatic nitrogens is 1. The molecule has 0 aliphatic carbocycles. The molecule has 1 fully saturated rings. The van der Waals surface area contributed by atoms with Gasteiger partial charge in [0.15, 0.2) is 5.58 Å². The first-order valence-electron chi connectivity index (χ1n) is 10.2. The average Bonchev–Trinajstić information content (AvgIpc) is 3.45. The molecule has 3 aromatic carbocycles. The van der Waals surface area contributed by atoms with E-state index in [0.717, 1.165) is 6.42 Å². The highest BCUT2D eigenvalue weighted by atomic mass is 19.1. The number of halogens is 1. The fraction of sp³-hybridized carbons (Fsp3) is 0.167. The number of nitro benzene ring substituents is 1. The largest absolute Gasteiger partial charge is 0.438 e. The lowest BCUT2D eigenvalue weighted by Gasteiger charge is -2.22. The normalized spacial score (nSPS) is 15.9. The maximum atomic E-state index is 14.2. The van der Waals surface area contributed by atoms with E-state index in [1.807, 2.05) is 0 Å². The number of amides is 1. The first kappa shape index (κ1) is 19.9.